The van der Waals surface area contributed by atoms with Crippen LogP contribution in [0.4, 0.5) is 8.78 Å². The van der Waals surface area contributed by atoms with Crippen LogP contribution in [0.15, 0.2) is 0 Å². The van der Waals surface area contributed by atoms with E-state index in [0.29, 0.717) is 17.2 Å². The number of fused-ring (bicyclic) bond motifs is 1. The molecular formula is C9H12Br2F2. The average Bonchev–Trinajstić information content (AvgIpc) is 2.51. The van der Waals surface area contributed by atoms with E-state index in [4.69, 9.17) is 0 Å². The van der Waals surface area contributed by atoms with Crippen molar-refractivity contribution in [2.45, 2.75) is 35.3 Å². The van der Waals surface area contributed by atoms with E-state index in [0.717, 1.165) is 19.3 Å². The summed E-state index contributed by atoms with van der Waals surface area (Å²) in [6, 6.07) is 0. The molecule has 2 aliphatic rings. The lowest BCUT2D eigenvalue weighted by molar-refractivity contribution is 0.0241. The minimum absolute atomic E-state index is 0.235. The summed E-state index contributed by atoms with van der Waals surface area (Å²) >= 11 is 6.09. The topological polar surface area (TPSA) is 0 Å². The van der Waals surface area contributed by atoms with Crippen molar-refractivity contribution in [3.63, 3.8) is 0 Å². The second kappa shape index (κ2) is 3.44. The zero-order valence-electron chi connectivity index (χ0n) is 7.15. The van der Waals surface area contributed by atoms with E-state index in [1.54, 1.807) is 0 Å². The Morgan fingerprint density at radius 2 is 1.62 bits per heavy atom. The molecule has 4 unspecified atom stereocenters. The second-order valence-electron chi connectivity index (χ2n) is 4.15. The van der Waals surface area contributed by atoms with E-state index >= 15 is 0 Å². The van der Waals surface area contributed by atoms with Crippen molar-refractivity contribution < 1.29 is 8.78 Å². The SMILES string of the molecule is FC(F)(Br)C1CCC2C(Br)CCC21. The maximum atomic E-state index is 13.1. The van der Waals surface area contributed by atoms with Gasteiger partial charge in [0.2, 0.25) is 0 Å². The van der Waals surface area contributed by atoms with Gasteiger partial charge >= 0.3 is 4.83 Å². The fraction of sp³-hybridized carbons (Fsp3) is 1.00. The number of alkyl halides is 4. The van der Waals surface area contributed by atoms with Gasteiger partial charge in [0.15, 0.2) is 0 Å². The maximum Gasteiger partial charge on any atom is 0.304 e. The number of rotatable bonds is 1. The van der Waals surface area contributed by atoms with Crippen molar-refractivity contribution in [1.29, 1.82) is 0 Å². The molecule has 0 nitrogen and oxygen atoms in total. The molecule has 0 aromatic rings. The molecule has 0 aromatic heterocycles. The summed E-state index contributed by atoms with van der Waals surface area (Å²) < 4.78 is 26.2. The van der Waals surface area contributed by atoms with Crippen LogP contribution >= 0.6 is 31.9 Å². The number of hydrogen-bond donors (Lipinski definition) is 0. The monoisotopic (exact) mass is 316 g/mol. The van der Waals surface area contributed by atoms with Crippen LogP contribution in [0, 0.1) is 17.8 Å². The molecule has 2 saturated carbocycles. The highest BCUT2D eigenvalue weighted by Crippen LogP contribution is 2.55. The average molecular weight is 318 g/mol. The highest BCUT2D eigenvalue weighted by Gasteiger charge is 2.52. The van der Waals surface area contributed by atoms with Crippen LogP contribution in [0.1, 0.15) is 25.7 Å². The lowest BCUT2D eigenvalue weighted by Gasteiger charge is -2.23. The van der Waals surface area contributed by atoms with Gasteiger partial charge in [-0.2, -0.15) is 8.78 Å². The molecule has 0 bridgehead atoms. The second-order valence-corrected chi connectivity index (χ2v) is 6.38. The van der Waals surface area contributed by atoms with E-state index in [1.807, 2.05) is 0 Å². The fourth-order valence-corrected chi connectivity index (χ4v) is 4.42. The van der Waals surface area contributed by atoms with Gasteiger partial charge in [0.25, 0.3) is 0 Å². The molecule has 0 radical (unpaired) electrons. The Labute approximate surface area is 93.7 Å². The lowest BCUT2D eigenvalue weighted by Crippen LogP contribution is -2.25. The van der Waals surface area contributed by atoms with Gasteiger partial charge in [-0.1, -0.05) is 15.9 Å². The molecule has 0 N–H and O–H groups in total. The molecule has 0 aromatic carbocycles. The third-order valence-corrected chi connectivity index (χ3v) is 5.26. The smallest absolute Gasteiger partial charge is 0.193 e. The third-order valence-electron chi connectivity index (χ3n) is 3.54. The van der Waals surface area contributed by atoms with Crippen LogP contribution in [0.2, 0.25) is 0 Å². The van der Waals surface area contributed by atoms with Crippen molar-refractivity contribution in [1.82, 2.24) is 0 Å². The summed E-state index contributed by atoms with van der Waals surface area (Å²) in [5, 5.41) is 0. The molecule has 0 heterocycles. The molecule has 13 heavy (non-hydrogen) atoms. The summed E-state index contributed by atoms with van der Waals surface area (Å²) in [6.45, 7) is 0. The first-order chi connectivity index (χ1) is 6.00. The minimum atomic E-state index is -2.65. The van der Waals surface area contributed by atoms with Crippen LogP contribution < -0.4 is 0 Å². The molecule has 0 amide bonds. The molecule has 0 saturated heterocycles. The fourth-order valence-electron chi connectivity index (χ4n) is 2.94. The molecule has 2 aliphatic carbocycles. The van der Waals surface area contributed by atoms with Crippen molar-refractivity contribution in [2.24, 2.45) is 17.8 Å². The number of halogens is 4. The Bertz CT molecular complexity index is 202. The van der Waals surface area contributed by atoms with Gasteiger partial charge in [0.1, 0.15) is 0 Å². The van der Waals surface area contributed by atoms with Crippen LogP contribution in [0.5, 0.6) is 0 Å². The molecular weight excluding hydrogens is 306 g/mol. The van der Waals surface area contributed by atoms with Crippen molar-refractivity contribution >= 4 is 31.9 Å². The molecule has 2 fully saturated rings. The Hall–Kier alpha value is 0.820. The van der Waals surface area contributed by atoms with E-state index in [-0.39, 0.29) is 5.92 Å². The lowest BCUT2D eigenvalue weighted by atomic mass is 9.92. The highest BCUT2D eigenvalue weighted by molar-refractivity contribution is 9.10. The summed E-state index contributed by atoms with van der Waals surface area (Å²) in [6.07, 6.45) is 3.67. The quantitative estimate of drug-likeness (QED) is 0.637. The predicted molar refractivity (Wildman–Crippen MR) is 55.5 cm³/mol. The van der Waals surface area contributed by atoms with Crippen LogP contribution in [-0.4, -0.2) is 9.66 Å². The van der Waals surface area contributed by atoms with Gasteiger partial charge in [-0.05, 0) is 53.4 Å². The molecule has 0 spiro atoms. The normalized spacial score (nSPS) is 45.2. The van der Waals surface area contributed by atoms with Crippen molar-refractivity contribution in [3.05, 3.63) is 0 Å². The van der Waals surface area contributed by atoms with E-state index < -0.39 is 10.7 Å². The van der Waals surface area contributed by atoms with Crippen molar-refractivity contribution in [2.75, 3.05) is 0 Å². The molecule has 2 rings (SSSR count). The van der Waals surface area contributed by atoms with Crippen LogP contribution in [-0.2, 0) is 0 Å². The molecule has 4 heteroatoms. The Kier molecular flexibility index (Phi) is 2.74. The zero-order valence-corrected chi connectivity index (χ0v) is 10.3. The van der Waals surface area contributed by atoms with E-state index in [2.05, 4.69) is 31.9 Å². The van der Waals surface area contributed by atoms with Gasteiger partial charge in [-0.15, -0.1) is 0 Å². The molecule has 76 valence electrons. The van der Waals surface area contributed by atoms with Crippen molar-refractivity contribution in [3.8, 4) is 0 Å². The Balaban J connectivity index is 2.11. The van der Waals surface area contributed by atoms with E-state index in [9.17, 15) is 8.78 Å². The van der Waals surface area contributed by atoms with Gasteiger partial charge in [0.05, 0.1) is 0 Å². The first-order valence-electron chi connectivity index (χ1n) is 4.71. The summed E-state index contributed by atoms with van der Waals surface area (Å²) in [5.41, 5.74) is 0. The van der Waals surface area contributed by atoms with Gasteiger partial charge in [-0.3, -0.25) is 0 Å². The molecule has 0 aliphatic heterocycles. The summed E-state index contributed by atoms with van der Waals surface area (Å²) in [4.78, 5) is -2.17. The predicted octanol–water partition coefficient (Wildman–Crippen LogP) is 4.17. The van der Waals surface area contributed by atoms with Crippen LogP contribution in [0.3, 0.4) is 0 Å². The Morgan fingerprint density at radius 1 is 1.00 bits per heavy atom. The Morgan fingerprint density at radius 3 is 2.23 bits per heavy atom. The van der Waals surface area contributed by atoms with Crippen LogP contribution in [0.25, 0.3) is 0 Å². The zero-order chi connectivity index (χ0) is 9.64. The highest BCUT2D eigenvalue weighted by atomic mass is 79.9. The first kappa shape index (κ1) is 10.3. The molecule has 4 atom stereocenters. The maximum absolute atomic E-state index is 13.1. The van der Waals surface area contributed by atoms with Gasteiger partial charge in [0, 0.05) is 10.7 Å². The summed E-state index contributed by atoms with van der Waals surface area (Å²) in [5.74, 6) is 0.298. The summed E-state index contributed by atoms with van der Waals surface area (Å²) in [7, 11) is 0. The minimum Gasteiger partial charge on any atom is -0.193 e. The largest absolute Gasteiger partial charge is 0.304 e. The first-order valence-corrected chi connectivity index (χ1v) is 6.42. The van der Waals surface area contributed by atoms with Gasteiger partial charge < -0.3 is 0 Å². The van der Waals surface area contributed by atoms with Gasteiger partial charge in [-0.25, -0.2) is 0 Å². The standard InChI is InChI=1S/C9H12Br2F2/c10-8-4-2-5-6(8)1-3-7(5)9(11,12)13/h5-8H,1-4H2. The van der Waals surface area contributed by atoms with E-state index in [1.165, 1.54) is 0 Å². The number of hydrogen-bond acceptors (Lipinski definition) is 0. The third kappa shape index (κ3) is 1.81.